The van der Waals surface area contributed by atoms with Crippen LogP contribution in [-0.2, 0) is 16.6 Å². The molecule has 3 heterocycles. The highest BCUT2D eigenvalue weighted by atomic mass is 16.5. The Labute approximate surface area is 191 Å². The van der Waals surface area contributed by atoms with Crippen molar-refractivity contribution in [3.63, 3.8) is 0 Å². The highest BCUT2D eigenvalue weighted by Crippen LogP contribution is 2.27. The average Bonchev–Trinajstić information content (AvgIpc) is 2.81. The second kappa shape index (κ2) is 9.13. The molecule has 9 heteroatoms. The number of morpholine rings is 1. The van der Waals surface area contributed by atoms with Crippen LogP contribution in [0.2, 0.25) is 0 Å². The van der Waals surface area contributed by atoms with E-state index in [4.69, 9.17) is 9.72 Å². The molecule has 1 aliphatic rings. The lowest BCUT2D eigenvalue weighted by atomic mass is 10.1. The third-order valence-electron chi connectivity index (χ3n) is 5.53. The molecule has 172 valence electrons. The van der Waals surface area contributed by atoms with Gasteiger partial charge in [0.1, 0.15) is 11.7 Å². The Morgan fingerprint density at radius 3 is 2.55 bits per heavy atom. The van der Waals surface area contributed by atoms with E-state index in [2.05, 4.69) is 10.3 Å². The zero-order valence-corrected chi connectivity index (χ0v) is 18.9. The lowest BCUT2D eigenvalue weighted by Crippen LogP contribution is -2.41. The van der Waals surface area contributed by atoms with Gasteiger partial charge in [-0.15, -0.1) is 0 Å². The van der Waals surface area contributed by atoms with Crippen LogP contribution < -0.4 is 15.8 Å². The maximum Gasteiger partial charge on any atom is 0.255 e. The first-order valence-electron chi connectivity index (χ1n) is 10.7. The van der Waals surface area contributed by atoms with Crippen molar-refractivity contribution in [1.82, 2.24) is 14.5 Å². The van der Waals surface area contributed by atoms with Crippen LogP contribution in [0.4, 0.5) is 11.6 Å². The summed E-state index contributed by atoms with van der Waals surface area (Å²) in [6.45, 7) is 4.49. The molecule has 2 N–H and O–H groups in total. The molecule has 0 unspecified atom stereocenters. The SMILES string of the molecule is Cn1c(N2CCO[C@@H](c3ccc(NC(=O)C(C)(C)O)cc3)C2)nc(-c2ccncc2)cc1=O. The number of amides is 1. The van der Waals surface area contributed by atoms with Gasteiger partial charge in [0.25, 0.3) is 11.5 Å². The quantitative estimate of drug-likeness (QED) is 0.614. The minimum atomic E-state index is -1.46. The van der Waals surface area contributed by atoms with E-state index in [1.807, 2.05) is 29.2 Å². The van der Waals surface area contributed by atoms with Gasteiger partial charge in [0.15, 0.2) is 0 Å². The molecule has 1 aromatic carbocycles. The molecule has 2 aromatic heterocycles. The molecule has 1 fully saturated rings. The summed E-state index contributed by atoms with van der Waals surface area (Å²) >= 11 is 0. The second-order valence-corrected chi connectivity index (χ2v) is 8.52. The number of benzene rings is 1. The molecule has 1 amide bonds. The number of carbonyl (C=O) groups is 1. The predicted octanol–water partition coefficient (Wildman–Crippen LogP) is 2.13. The number of anilines is 2. The van der Waals surface area contributed by atoms with E-state index in [9.17, 15) is 14.7 Å². The topological polar surface area (TPSA) is 110 Å². The molecule has 9 nitrogen and oxygen atoms in total. The van der Waals surface area contributed by atoms with Crippen LogP contribution in [0.25, 0.3) is 11.3 Å². The van der Waals surface area contributed by atoms with Crippen molar-refractivity contribution >= 4 is 17.5 Å². The van der Waals surface area contributed by atoms with E-state index in [-0.39, 0.29) is 11.7 Å². The first kappa shape index (κ1) is 22.6. The van der Waals surface area contributed by atoms with Gasteiger partial charge < -0.3 is 20.1 Å². The smallest absolute Gasteiger partial charge is 0.255 e. The lowest BCUT2D eigenvalue weighted by Gasteiger charge is -2.34. The number of aromatic nitrogens is 3. The number of rotatable bonds is 5. The minimum Gasteiger partial charge on any atom is -0.381 e. The van der Waals surface area contributed by atoms with Gasteiger partial charge in [-0.2, -0.15) is 0 Å². The van der Waals surface area contributed by atoms with Crippen LogP contribution in [0.3, 0.4) is 0 Å². The number of ether oxygens (including phenoxy) is 1. The van der Waals surface area contributed by atoms with E-state index >= 15 is 0 Å². The zero-order valence-electron chi connectivity index (χ0n) is 18.9. The average molecular weight is 450 g/mol. The van der Waals surface area contributed by atoms with Gasteiger partial charge in [-0.05, 0) is 43.7 Å². The van der Waals surface area contributed by atoms with Crippen LogP contribution in [0.5, 0.6) is 0 Å². The number of carbonyl (C=O) groups excluding carboxylic acids is 1. The molecule has 0 saturated carbocycles. The van der Waals surface area contributed by atoms with E-state index in [1.165, 1.54) is 19.9 Å². The van der Waals surface area contributed by atoms with Gasteiger partial charge in [0, 0.05) is 43.3 Å². The first-order chi connectivity index (χ1) is 15.7. The van der Waals surface area contributed by atoms with E-state index < -0.39 is 11.5 Å². The third-order valence-corrected chi connectivity index (χ3v) is 5.53. The maximum atomic E-state index is 12.6. The summed E-state index contributed by atoms with van der Waals surface area (Å²) in [5.74, 6) is 0.105. The van der Waals surface area contributed by atoms with Crippen LogP contribution >= 0.6 is 0 Å². The Balaban J connectivity index is 1.54. The number of nitrogens with one attached hydrogen (secondary N) is 1. The number of aliphatic hydroxyl groups is 1. The normalized spacial score (nSPS) is 16.5. The molecule has 4 rings (SSSR count). The van der Waals surface area contributed by atoms with Crippen molar-refractivity contribution in [2.75, 3.05) is 29.9 Å². The Hall–Kier alpha value is -3.56. The molecule has 0 spiro atoms. The summed E-state index contributed by atoms with van der Waals surface area (Å²) in [7, 11) is 1.71. The molecule has 0 radical (unpaired) electrons. The summed E-state index contributed by atoms with van der Waals surface area (Å²) < 4.78 is 7.53. The predicted molar refractivity (Wildman–Crippen MR) is 125 cm³/mol. The highest BCUT2D eigenvalue weighted by Gasteiger charge is 2.26. The molecule has 1 atom stereocenters. The van der Waals surface area contributed by atoms with Gasteiger partial charge >= 0.3 is 0 Å². The molecule has 1 saturated heterocycles. The molecule has 0 bridgehead atoms. The zero-order chi connectivity index (χ0) is 23.6. The molecule has 1 aliphatic heterocycles. The van der Waals surface area contributed by atoms with Crippen LogP contribution in [0, 0.1) is 0 Å². The molecule has 3 aromatic rings. The Morgan fingerprint density at radius 2 is 1.88 bits per heavy atom. The van der Waals surface area contributed by atoms with Gasteiger partial charge in [0.2, 0.25) is 5.95 Å². The fourth-order valence-corrected chi connectivity index (χ4v) is 3.58. The highest BCUT2D eigenvalue weighted by molar-refractivity contribution is 5.96. The van der Waals surface area contributed by atoms with Crippen molar-refractivity contribution in [2.45, 2.75) is 25.6 Å². The van der Waals surface area contributed by atoms with Gasteiger partial charge in [0.05, 0.1) is 18.8 Å². The Morgan fingerprint density at radius 1 is 1.18 bits per heavy atom. The fraction of sp³-hybridized carbons (Fsp3) is 0.333. The molecular weight excluding hydrogens is 422 g/mol. The lowest BCUT2D eigenvalue weighted by molar-refractivity contribution is -0.130. The van der Waals surface area contributed by atoms with Crippen LogP contribution in [-0.4, -0.2) is 50.8 Å². The van der Waals surface area contributed by atoms with Crippen LogP contribution in [0.1, 0.15) is 25.5 Å². The van der Waals surface area contributed by atoms with E-state index in [0.717, 1.165) is 11.1 Å². The summed E-state index contributed by atoms with van der Waals surface area (Å²) in [4.78, 5) is 35.4. The van der Waals surface area contributed by atoms with E-state index in [0.29, 0.717) is 37.0 Å². The molecular formula is C24H27N5O4. The van der Waals surface area contributed by atoms with E-state index in [1.54, 1.807) is 36.1 Å². The summed E-state index contributed by atoms with van der Waals surface area (Å²) in [5, 5.41) is 12.5. The minimum absolute atomic E-state index is 0.137. The Kier molecular flexibility index (Phi) is 6.26. The largest absolute Gasteiger partial charge is 0.381 e. The van der Waals surface area contributed by atoms with Crippen molar-refractivity contribution < 1.29 is 14.6 Å². The Bertz CT molecular complexity index is 1190. The maximum absolute atomic E-state index is 12.6. The fourth-order valence-electron chi connectivity index (χ4n) is 3.58. The number of hydrogen-bond acceptors (Lipinski definition) is 7. The number of nitrogens with zero attached hydrogens (tertiary/aromatic N) is 4. The molecule has 33 heavy (non-hydrogen) atoms. The number of hydrogen-bond donors (Lipinski definition) is 2. The van der Waals surface area contributed by atoms with Crippen molar-refractivity contribution in [1.29, 1.82) is 0 Å². The third kappa shape index (κ3) is 5.10. The molecule has 0 aliphatic carbocycles. The van der Waals surface area contributed by atoms with Crippen molar-refractivity contribution in [3.8, 4) is 11.3 Å². The second-order valence-electron chi connectivity index (χ2n) is 8.52. The summed E-state index contributed by atoms with van der Waals surface area (Å²) in [6.07, 6.45) is 3.12. The van der Waals surface area contributed by atoms with Crippen LogP contribution in [0.15, 0.2) is 59.7 Å². The van der Waals surface area contributed by atoms with Gasteiger partial charge in [-0.3, -0.25) is 19.1 Å². The van der Waals surface area contributed by atoms with Crippen molar-refractivity contribution in [2.24, 2.45) is 7.05 Å². The summed E-state index contributed by atoms with van der Waals surface area (Å²) in [5.41, 5.74) is 1.37. The standard InChI is InChI=1S/C24H27N5O4/c1-24(2,32)22(31)26-18-6-4-17(5-7-18)20-15-29(12-13-33-20)23-27-19(14-21(30)28(23)3)16-8-10-25-11-9-16/h4-11,14,20,32H,12-13,15H2,1-3H3,(H,26,31)/t20-/m1/s1. The summed E-state index contributed by atoms with van der Waals surface area (Å²) in [6, 6.07) is 12.5. The number of pyridine rings is 1. The first-order valence-corrected chi connectivity index (χ1v) is 10.7. The van der Waals surface area contributed by atoms with Gasteiger partial charge in [-0.25, -0.2) is 4.98 Å². The van der Waals surface area contributed by atoms with Crippen molar-refractivity contribution in [3.05, 3.63) is 70.8 Å². The van der Waals surface area contributed by atoms with Gasteiger partial charge in [-0.1, -0.05) is 12.1 Å². The monoisotopic (exact) mass is 449 g/mol.